The topological polar surface area (TPSA) is 53.5 Å². The van der Waals surface area contributed by atoms with Crippen molar-refractivity contribution in [2.24, 2.45) is 0 Å². The van der Waals surface area contributed by atoms with Crippen molar-refractivity contribution < 1.29 is 8.42 Å². The van der Waals surface area contributed by atoms with Gasteiger partial charge in [0.25, 0.3) is 0 Å². The van der Waals surface area contributed by atoms with Crippen molar-refractivity contribution in [3.8, 4) is 0 Å². The maximum Gasteiger partial charge on any atom is 0.244 e. The summed E-state index contributed by atoms with van der Waals surface area (Å²) in [5.41, 5.74) is 4.01. The van der Waals surface area contributed by atoms with Gasteiger partial charge in [-0.25, -0.2) is 13.4 Å². The van der Waals surface area contributed by atoms with Crippen LogP contribution < -0.4 is 4.90 Å². The zero-order chi connectivity index (χ0) is 19.6. The molecule has 1 saturated heterocycles. The lowest BCUT2D eigenvalue weighted by molar-refractivity contribution is 0.477. The Morgan fingerprint density at radius 2 is 1.75 bits per heavy atom. The van der Waals surface area contributed by atoms with Gasteiger partial charge in [-0.15, -0.1) is 0 Å². The van der Waals surface area contributed by atoms with Gasteiger partial charge in [-0.1, -0.05) is 37.3 Å². The van der Waals surface area contributed by atoms with Crippen molar-refractivity contribution in [1.29, 1.82) is 0 Å². The molecule has 3 heterocycles. The monoisotopic (exact) mass is 397 g/mol. The van der Waals surface area contributed by atoms with Gasteiger partial charge in [-0.3, -0.25) is 0 Å². The second kappa shape index (κ2) is 8.05. The van der Waals surface area contributed by atoms with Crippen molar-refractivity contribution in [2.75, 3.05) is 31.1 Å². The Bertz CT molecular complexity index is 944. The first-order chi connectivity index (χ1) is 13.6. The standard InChI is InChI=1S/C22H27N3O2S/c1-2-18-5-7-19(8-6-18)20-11-15-24(16-12-20)22-10-9-21(17-23-22)28(26,27)25-13-3-4-14-25/h5-11,17H,2-4,12-16H2,1H3. The minimum absolute atomic E-state index is 0.294. The highest BCUT2D eigenvalue weighted by atomic mass is 32.2. The SMILES string of the molecule is CCc1ccc(C2=CCN(c3ccc(S(=O)(=O)N4CCCC4)cn3)CC2)cc1. The van der Waals surface area contributed by atoms with Crippen molar-refractivity contribution in [3.05, 3.63) is 59.8 Å². The van der Waals surface area contributed by atoms with Gasteiger partial charge < -0.3 is 4.90 Å². The number of benzene rings is 1. The molecule has 0 saturated carbocycles. The Morgan fingerprint density at radius 1 is 1.00 bits per heavy atom. The predicted molar refractivity (Wildman–Crippen MR) is 113 cm³/mol. The molecule has 0 amide bonds. The van der Waals surface area contributed by atoms with E-state index in [4.69, 9.17) is 0 Å². The third-order valence-corrected chi connectivity index (χ3v) is 7.57. The molecule has 2 aliphatic rings. The Labute approximate surface area is 167 Å². The molecule has 0 N–H and O–H groups in total. The van der Waals surface area contributed by atoms with E-state index in [1.165, 1.54) is 22.9 Å². The lowest BCUT2D eigenvalue weighted by atomic mass is 9.98. The summed E-state index contributed by atoms with van der Waals surface area (Å²) in [5, 5.41) is 0. The van der Waals surface area contributed by atoms with Crippen LogP contribution in [0.2, 0.25) is 0 Å². The number of aryl methyl sites for hydroxylation is 1. The molecule has 2 aliphatic heterocycles. The smallest absolute Gasteiger partial charge is 0.244 e. The van der Waals surface area contributed by atoms with E-state index in [0.717, 1.165) is 44.6 Å². The number of rotatable bonds is 5. The molecule has 1 aromatic heterocycles. The van der Waals surface area contributed by atoms with Crippen LogP contribution in [0.1, 0.15) is 37.3 Å². The second-order valence-electron chi connectivity index (χ2n) is 7.44. The number of hydrogen-bond acceptors (Lipinski definition) is 4. The highest BCUT2D eigenvalue weighted by Crippen LogP contribution is 2.26. The summed E-state index contributed by atoms with van der Waals surface area (Å²) < 4.78 is 26.8. The van der Waals surface area contributed by atoms with E-state index in [0.29, 0.717) is 18.0 Å². The molecule has 0 aliphatic carbocycles. The van der Waals surface area contributed by atoms with Gasteiger partial charge in [0.2, 0.25) is 10.0 Å². The van der Waals surface area contributed by atoms with E-state index in [9.17, 15) is 8.42 Å². The van der Waals surface area contributed by atoms with E-state index in [2.05, 4.69) is 47.1 Å². The fraction of sp³-hybridized carbons (Fsp3) is 0.409. The molecule has 6 heteroatoms. The summed E-state index contributed by atoms with van der Waals surface area (Å²) in [7, 11) is -3.40. The zero-order valence-corrected chi connectivity index (χ0v) is 17.2. The molecular weight excluding hydrogens is 370 g/mol. The molecule has 2 aromatic rings. The van der Waals surface area contributed by atoms with Gasteiger partial charge in [-0.2, -0.15) is 4.31 Å². The summed E-state index contributed by atoms with van der Waals surface area (Å²) in [4.78, 5) is 6.94. The van der Waals surface area contributed by atoms with Crippen LogP contribution in [0.25, 0.3) is 5.57 Å². The van der Waals surface area contributed by atoms with Gasteiger partial charge in [0.1, 0.15) is 10.7 Å². The Morgan fingerprint density at radius 3 is 2.32 bits per heavy atom. The third kappa shape index (κ3) is 3.84. The molecule has 0 atom stereocenters. The fourth-order valence-corrected chi connectivity index (χ4v) is 5.35. The molecule has 148 valence electrons. The van der Waals surface area contributed by atoms with Gasteiger partial charge in [0.15, 0.2) is 0 Å². The van der Waals surface area contributed by atoms with Crippen molar-refractivity contribution in [1.82, 2.24) is 9.29 Å². The van der Waals surface area contributed by atoms with Crippen LogP contribution in [0.5, 0.6) is 0 Å². The fourth-order valence-electron chi connectivity index (χ4n) is 3.88. The maximum atomic E-state index is 12.6. The first-order valence-corrected chi connectivity index (χ1v) is 11.5. The highest BCUT2D eigenvalue weighted by molar-refractivity contribution is 7.89. The number of sulfonamides is 1. The number of hydrogen-bond donors (Lipinski definition) is 0. The molecule has 4 rings (SSSR count). The number of anilines is 1. The van der Waals surface area contributed by atoms with E-state index in [-0.39, 0.29) is 0 Å². The van der Waals surface area contributed by atoms with Crippen LogP contribution in [0, 0.1) is 0 Å². The van der Waals surface area contributed by atoms with Crippen molar-refractivity contribution in [3.63, 3.8) is 0 Å². The number of aromatic nitrogens is 1. The Balaban J connectivity index is 1.45. The Kier molecular flexibility index (Phi) is 5.51. The molecule has 28 heavy (non-hydrogen) atoms. The van der Waals surface area contributed by atoms with Crippen molar-refractivity contribution in [2.45, 2.75) is 37.5 Å². The summed E-state index contributed by atoms with van der Waals surface area (Å²) in [6, 6.07) is 12.3. The van der Waals surface area contributed by atoms with Crippen LogP contribution in [-0.4, -0.2) is 43.9 Å². The number of pyridine rings is 1. The molecular formula is C22H27N3O2S. The predicted octanol–water partition coefficient (Wildman–Crippen LogP) is 3.72. The zero-order valence-electron chi connectivity index (χ0n) is 16.3. The molecule has 0 bridgehead atoms. The normalized spacial score (nSPS) is 18.3. The first kappa shape index (κ1) is 19.2. The minimum atomic E-state index is -3.40. The van der Waals surface area contributed by atoms with E-state index in [1.54, 1.807) is 10.4 Å². The summed E-state index contributed by atoms with van der Waals surface area (Å²) >= 11 is 0. The Hall–Kier alpha value is -2.18. The maximum absolute atomic E-state index is 12.6. The van der Waals surface area contributed by atoms with Gasteiger partial charge in [-0.05, 0) is 54.5 Å². The summed E-state index contributed by atoms with van der Waals surface area (Å²) in [5.74, 6) is 0.831. The van der Waals surface area contributed by atoms with E-state index in [1.807, 2.05) is 6.07 Å². The van der Waals surface area contributed by atoms with E-state index < -0.39 is 10.0 Å². The lowest BCUT2D eigenvalue weighted by Gasteiger charge is -2.28. The lowest BCUT2D eigenvalue weighted by Crippen LogP contribution is -2.30. The van der Waals surface area contributed by atoms with Crippen LogP contribution in [0.15, 0.2) is 53.6 Å². The van der Waals surface area contributed by atoms with Gasteiger partial charge in [0.05, 0.1) is 0 Å². The number of nitrogens with zero attached hydrogens (tertiary/aromatic N) is 3. The molecule has 5 nitrogen and oxygen atoms in total. The molecule has 1 aromatic carbocycles. The third-order valence-electron chi connectivity index (χ3n) is 5.69. The summed E-state index contributed by atoms with van der Waals surface area (Å²) in [6.45, 7) is 5.07. The van der Waals surface area contributed by atoms with Crippen LogP contribution in [0.3, 0.4) is 0 Å². The molecule has 0 spiro atoms. The average molecular weight is 398 g/mol. The summed E-state index contributed by atoms with van der Waals surface area (Å²) in [6.07, 6.45) is 7.65. The van der Waals surface area contributed by atoms with Gasteiger partial charge >= 0.3 is 0 Å². The van der Waals surface area contributed by atoms with Gasteiger partial charge in [0, 0.05) is 32.4 Å². The quantitative estimate of drug-likeness (QED) is 0.772. The van der Waals surface area contributed by atoms with E-state index >= 15 is 0 Å². The first-order valence-electron chi connectivity index (χ1n) is 10.1. The second-order valence-corrected chi connectivity index (χ2v) is 9.38. The van der Waals surface area contributed by atoms with Crippen molar-refractivity contribution >= 4 is 21.4 Å². The highest BCUT2D eigenvalue weighted by Gasteiger charge is 2.27. The van der Waals surface area contributed by atoms with Crippen LogP contribution >= 0.6 is 0 Å². The molecule has 0 unspecified atom stereocenters. The van der Waals surface area contributed by atoms with Crippen LogP contribution in [0.4, 0.5) is 5.82 Å². The van der Waals surface area contributed by atoms with Crippen LogP contribution in [-0.2, 0) is 16.4 Å². The molecule has 1 fully saturated rings. The largest absolute Gasteiger partial charge is 0.353 e. The minimum Gasteiger partial charge on any atom is -0.353 e. The molecule has 0 radical (unpaired) electrons. The average Bonchev–Trinajstić information content (AvgIpc) is 3.30.